The molecule has 6 nitrogen and oxygen atoms in total. The van der Waals surface area contributed by atoms with E-state index in [0.717, 1.165) is 0 Å². The summed E-state index contributed by atoms with van der Waals surface area (Å²) >= 11 is 1.26. The maximum Gasteiger partial charge on any atom is 0.339 e. The topological polar surface area (TPSA) is 88.9 Å². The molecule has 0 aliphatic carbocycles. The number of hydrogen-bond acceptors (Lipinski definition) is 6. The van der Waals surface area contributed by atoms with Crippen molar-refractivity contribution in [2.75, 3.05) is 0 Å². The first kappa shape index (κ1) is 11.5. The number of carboxylic acids is 1. The Morgan fingerprint density at radius 1 is 1.41 bits per heavy atom. The molecular weight excluding hydrogens is 240 g/mol. The van der Waals surface area contributed by atoms with E-state index in [-0.39, 0.29) is 5.56 Å². The van der Waals surface area contributed by atoms with Crippen molar-refractivity contribution in [3.63, 3.8) is 0 Å². The van der Waals surface area contributed by atoms with E-state index < -0.39 is 5.97 Å². The number of aromatic carboxylic acids is 1. The van der Waals surface area contributed by atoms with Gasteiger partial charge in [0.15, 0.2) is 5.16 Å². The first-order valence-electron chi connectivity index (χ1n) is 4.67. The van der Waals surface area contributed by atoms with Crippen molar-refractivity contribution in [3.8, 4) is 0 Å². The predicted octanol–water partition coefficient (Wildman–Crippen LogP) is 1.42. The predicted molar refractivity (Wildman–Crippen MR) is 59.9 cm³/mol. The second-order valence-electron chi connectivity index (χ2n) is 3.11. The van der Waals surface area contributed by atoms with Crippen LogP contribution in [0.4, 0.5) is 0 Å². The fourth-order valence-corrected chi connectivity index (χ4v) is 1.84. The largest absolute Gasteiger partial charge is 0.478 e. The number of rotatable bonds is 3. The van der Waals surface area contributed by atoms with Gasteiger partial charge in [0.05, 0.1) is 11.3 Å². The van der Waals surface area contributed by atoms with E-state index in [9.17, 15) is 4.79 Å². The number of nitrogens with zero attached hydrogens (tertiary/aromatic N) is 4. The van der Waals surface area contributed by atoms with Gasteiger partial charge in [-0.25, -0.2) is 24.7 Å². The number of aryl methyl sites for hydroxylation is 1. The van der Waals surface area contributed by atoms with Crippen LogP contribution in [0, 0.1) is 6.92 Å². The van der Waals surface area contributed by atoms with E-state index in [2.05, 4.69) is 19.9 Å². The van der Waals surface area contributed by atoms with Crippen molar-refractivity contribution >= 4 is 17.7 Å². The highest BCUT2D eigenvalue weighted by Crippen LogP contribution is 2.22. The monoisotopic (exact) mass is 248 g/mol. The van der Waals surface area contributed by atoms with Gasteiger partial charge in [-0.1, -0.05) is 0 Å². The third-order valence-corrected chi connectivity index (χ3v) is 2.77. The third-order valence-electron chi connectivity index (χ3n) is 1.94. The van der Waals surface area contributed by atoms with Gasteiger partial charge in [-0.05, 0) is 24.8 Å². The fourth-order valence-electron chi connectivity index (χ4n) is 1.14. The average Bonchev–Trinajstić information content (AvgIpc) is 2.30. The van der Waals surface area contributed by atoms with Crippen molar-refractivity contribution in [2.45, 2.75) is 17.1 Å². The zero-order chi connectivity index (χ0) is 12.3. The van der Waals surface area contributed by atoms with Crippen molar-refractivity contribution in [2.24, 2.45) is 0 Å². The molecule has 86 valence electrons. The quantitative estimate of drug-likeness (QED) is 0.649. The van der Waals surface area contributed by atoms with Gasteiger partial charge < -0.3 is 5.11 Å². The molecular formula is C10H8N4O2S. The minimum absolute atomic E-state index is 0.108. The van der Waals surface area contributed by atoms with Crippen molar-refractivity contribution in [1.29, 1.82) is 0 Å². The molecule has 0 spiro atoms. The van der Waals surface area contributed by atoms with E-state index in [4.69, 9.17) is 5.11 Å². The minimum atomic E-state index is -1.03. The van der Waals surface area contributed by atoms with Gasteiger partial charge in [-0.3, -0.25) is 0 Å². The third kappa shape index (κ3) is 2.76. The number of aromatic nitrogens is 4. The second kappa shape index (κ2) is 4.88. The van der Waals surface area contributed by atoms with E-state index >= 15 is 0 Å². The molecule has 2 heterocycles. The Bertz CT molecular complexity index is 547. The smallest absolute Gasteiger partial charge is 0.339 e. The summed E-state index contributed by atoms with van der Waals surface area (Å²) in [7, 11) is 0. The SMILES string of the molecule is Cc1nc(Sc2ccncn2)ncc1C(=O)O. The van der Waals surface area contributed by atoms with Gasteiger partial charge >= 0.3 is 5.97 Å². The van der Waals surface area contributed by atoms with E-state index in [1.165, 1.54) is 24.3 Å². The van der Waals surface area contributed by atoms with Crippen molar-refractivity contribution in [1.82, 2.24) is 19.9 Å². The van der Waals surface area contributed by atoms with Gasteiger partial charge in [-0.2, -0.15) is 0 Å². The zero-order valence-electron chi connectivity index (χ0n) is 8.86. The standard InChI is InChI=1S/C10H8N4O2S/c1-6-7(9(15)16)4-12-10(14-6)17-8-2-3-11-5-13-8/h2-5H,1H3,(H,15,16). The van der Waals surface area contributed by atoms with Crippen LogP contribution in [0.15, 0.2) is 35.0 Å². The summed E-state index contributed by atoms with van der Waals surface area (Å²) < 4.78 is 0. The van der Waals surface area contributed by atoms with Crippen LogP contribution in [-0.2, 0) is 0 Å². The lowest BCUT2D eigenvalue weighted by atomic mass is 10.2. The van der Waals surface area contributed by atoms with Crippen LogP contribution in [0.1, 0.15) is 16.1 Å². The molecule has 0 aliphatic heterocycles. The zero-order valence-corrected chi connectivity index (χ0v) is 9.68. The van der Waals surface area contributed by atoms with Crippen LogP contribution < -0.4 is 0 Å². The molecule has 0 amide bonds. The average molecular weight is 248 g/mol. The number of carbonyl (C=O) groups is 1. The molecule has 0 unspecified atom stereocenters. The van der Waals surface area contributed by atoms with Crippen LogP contribution in [-0.4, -0.2) is 31.0 Å². The molecule has 7 heteroatoms. The fraction of sp³-hybridized carbons (Fsp3) is 0.100. The summed E-state index contributed by atoms with van der Waals surface area (Å²) in [6, 6.07) is 1.73. The van der Waals surface area contributed by atoms with Crippen LogP contribution in [0.5, 0.6) is 0 Å². The Hall–Kier alpha value is -2.02. The van der Waals surface area contributed by atoms with Gasteiger partial charge in [0.25, 0.3) is 0 Å². The molecule has 0 saturated carbocycles. The Morgan fingerprint density at radius 3 is 2.82 bits per heavy atom. The van der Waals surface area contributed by atoms with Gasteiger partial charge in [0, 0.05) is 12.4 Å². The Labute approximate surface area is 101 Å². The lowest BCUT2D eigenvalue weighted by Gasteiger charge is -2.02. The summed E-state index contributed by atoms with van der Waals surface area (Å²) in [5.74, 6) is -1.03. The molecule has 2 rings (SSSR count). The highest BCUT2D eigenvalue weighted by Gasteiger charge is 2.10. The first-order valence-corrected chi connectivity index (χ1v) is 5.49. The maximum absolute atomic E-state index is 10.8. The highest BCUT2D eigenvalue weighted by atomic mass is 32.2. The second-order valence-corrected chi connectivity index (χ2v) is 4.09. The number of hydrogen-bond donors (Lipinski definition) is 1. The molecule has 2 aromatic heterocycles. The van der Waals surface area contributed by atoms with Crippen molar-refractivity contribution < 1.29 is 9.90 Å². The Balaban J connectivity index is 2.24. The van der Waals surface area contributed by atoms with Crippen molar-refractivity contribution in [3.05, 3.63) is 36.0 Å². The summed E-state index contributed by atoms with van der Waals surface area (Å²) in [4.78, 5) is 26.7. The molecule has 0 atom stereocenters. The molecule has 0 fully saturated rings. The minimum Gasteiger partial charge on any atom is -0.478 e. The molecule has 0 aliphatic rings. The molecule has 2 aromatic rings. The van der Waals surface area contributed by atoms with Gasteiger partial charge in [0.1, 0.15) is 11.4 Å². The van der Waals surface area contributed by atoms with Crippen LogP contribution in [0.25, 0.3) is 0 Å². The Kier molecular flexibility index (Phi) is 3.29. The summed E-state index contributed by atoms with van der Waals surface area (Å²) in [5, 5.41) is 10.0. The molecule has 17 heavy (non-hydrogen) atoms. The summed E-state index contributed by atoms with van der Waals surface area (Å²) in [5.41, 5.74) is 0.543. The van der Waals surface area contributed by atoms with Gasteiger partial charge in [0.2, 0.25) is 0 Å². The maximum atomic E-state index is 10.8. The highest BCUT2D eigenvalue weighted by molar-refractivity contribution is 7.99. The van der Waals surface area contributed by atoms with Gasteiger partial charge in [-0.15, -0.1) is 0 Å². The van der Waals surface area contributed by atoms with Crippen LogP contribution >= 0.6 is 11.8 Å². The summed E-state index contributed by atoms with van der Waals surface area (Å²) in [6.45, 7) is 1.63. The lowest BCUT2D eigenvalue weighted by molar-refractivity contribution is 0.0695. The van der Waals surface area contributed by atoms with Crippen LogP contribution in [0.3, 0.4) is 0 Å². The first-order chi connectivity index (χ1) is 8.16. The van der Waals surface area contributed by atoms with E-state index in [1.807, 2.05) is 0 Å². The number of carboxylic acid groups (broad SMARTS) is 1. The molecule has 1 N–H and O–H groups in total. The molecule has 0 saturated heterocycles. The lowest BCUT2D eigenvalue weighted by Crippen LogP contribution is -2.03. The normalized spacial score (nSPS) is 10.2. The van der Waals surface area contributed by atoms with E-state index in [0.29, 0.717) is 15.9 Å². The Morgan fingerprint density at radius 2 is 2.24 bits per heavy atom. The van der Waals surface area contributed by atoms with E-state index in [1.54, 1.807) is 19.2 Å². The molecule has 0 radical (unpaired) electrons. The summed E-state index contributed by atoms with van der Waals surface area (Å²) in [6.07, 6.45) is 4.35. The van der Waals surface area contributed by atoms with Crippen LogP contribution in [0.2, 0.25) is 0 Å². The molecule has 0 bridgehead atoms. The molecule has 0 aromatic carbocycles.